The lowest BCUT2D eigenvalue weighted by molar-refractivity contribution is 0.130. The van der Waals surface area contributed by atoms with Crippen molar-refractivity contribution in [2.24, 2.45) is 0 Å². The van der Waals surface area contributed by atoms with Crippen molar-refractivity contribution in [2.45, 2.75) is 51.6 Å². The first-order chi connectivity index (χ1) is 7.27. The van der Waals surface area contributed by atoms with E-state index in [4.69, 9.17) is 6.42 Å². The average molecular weight is 208 g/mol. The van der Waals surface area contributed by atoms with Gasteiger partial charge in [0.25, 0.3) is 0 Å². The van der Waals surface area contributed by atoms with Crippen LogP contribution in [0.3, 0.4) is 0 Å². The van der Waals surface area contributed by atoms with E-state index in [0.717, 1.165) is 19.0 Å². The van der Waals surface area contributed by atoms with E-state index >= 15 is 0 Å². The summed E-state index contributed by atoms with van der Waals surface area (Å²) >= 11 is 0. The maximum absolute atomic E-state index is 5.25. The van der Waals surface area contributed by atoms with Crippen LogP contribution in [0.4, 0.5) is 0 Å². The van der Waals surface area contributed by atoms with Crippen LogP contribution < -0.4 is 5.32 Å². The van der Waals surface area contributed by atoms with E-state index in [2.05, 4.69) is 30.0 Å². The molecule has 1 rings (SSSR count). The van der Waals surface area contributed by atoms with Gasteiger partial charge < -0.3 is 5.32 Å². The van der Waals surface area contributed by atoms with Gasteiger partial charge in [-0.05, 0) is 32.7 Å². The Balaban J connectivity index is 2.26. The molecular weight excluding hydrogens is 184 g/mol. The molecule has 0 aliphatic carbocycles. The maximum Gasteiger partial charge on any atom is 0.0218 e. The van der Waals surface area contributed by atoms with E-state index < -0.39 is 0 Å². The van der Waals surface area contributed by atoms with Crippen molar-refractivity contribution in [3.63, 3.8) is 0 Å². The van der Waals surface area contributed by atoms with E-state index in [0.29, 0.717) is 6.04 Å². The second kappa shape index (κ2) is 6.87. The Morgan fingerprint density at radius 2 is 2.27 bits per heavy atom. The number of nitrogens with zero attached hydrogens (tertiary/aromatic N) is 1. The van der Waals surface area contributed by atoms with E-state index in [1.54, 1.807) is 0 Å². The van der Waals surface area contributed by atoms with E-state index in [1.165, 1.54) is 32.4 Å². The van der Waals surface area contributed by atoms with Gasteiger partial charge in [-0.25, -0.2) is 0 Å². The van der Waals surface area contributed by atoms with Crippen molar-refractivity contribution in [1.29, 1.82) is 0 Å². The fourth-order valence-corrected chi connectivity index (χ4v) is 2.25. The Morgan fingerprint density at radius 1 is 1.47 bits per heavy atom. The monoisotopic (exact) mass is 208 g/mol. The van der Waals surface area contributed by atoms with Crippen molar-refractivity contribution in [3.05, 3.63) is 0 Å². The van der Waals surface area contributed by atoms with Gasteiger partial charge in [-0.1, -0.05) is 6.92 Å². The summed E-state index contributed by atoms with van der Waals surface area (Å²) in [6.07, 6.45) is 9.84. The van der Waals surface area contributed by atoms with Crippen LogP contribution in [0, 0.1) is 12.3 Å². The molecule has 2 nitrogen and oxygen atoms in total. The molecule has 1 saturated heterocycles. The van der Waals surface area contributed by atoms with Crippen LogP contribution in [0.2, 0.25) is 0 Å². The summed E-state index contributed by atoms with van der Waals surface area (Å²) in [6, 6.07) is 1.37. The molecule has 0 aromatic rings. The minimum absolute atomic E-state index is 0.639. The normalized spacial score (nSPS) is 27.5. The molecule has 0 amide bonds. The summed E-state index contributed by atoms with van der Waals surface area (Å²) in [6.45, 7) is 8.09. The predicted octanol–water partition coefficient (Wildman–Crippen LogP) is 1.86. The smallest absolute Gasteiger partial charge is 0.0218 e. The molecule has 2 unspecified atom stereocenters. The van der Waals surface area contributed by atoms with Gasteiger partial charge in [-0.15, -0.1) is 12.3 Å². The maximum atomic E-state index is 5.25. The minimum atomic E-state index is 0.639. The summed E-state index contributed by atoms with van der Waals surface area (Å²) in [5.74, 6) is 2.71. The van der Waals surface area contributed by atoms with E-state index in [9.17, 15) is 0 Å². The third-order valence-electron chi connectivity index (χ3n) is 3.21. The van der Waals surface area contributed by atoms with Crippen molar-refractivity contribution >= 4 is 0 Å². The van der Waals surface area contributed by atoms with Gasteiger partial charge in [0.15, 0.2) is 0 Å². The summed E-state index contributed by atoms with van der Waals surface area (Å²) in [5, 5.41) is 3.54. The summed E-state index contributed by atoms with van der Waals surface area (Å²) in [5.41, 5.74) is 0. The Kier molecular flexibility index (Phi) is 5.75. The molecule has 15 heavy (non-hydrogen) atoms. The van der Waals surface area contributed by atoms with Crippen molar-refractivity contribution in [3.8, 4) is 12.3 Å². The molecule has 0 radical (unpaired) electrons. The number of piperazine rings is 1. The van der Waals surface area contributed by atoms with Crippen LogP contribution in [0.15, 0.2) is 0 Å². The number of rotatable bonds is 5. The summed E-state index contributed by atoms with van der Waals surface area (Å²) in [7, 11) is 0. The second-order valence-electron chi connectivity index (χ2n) is 4.53. The van der Waals surface area contributed by atoms with E-state index in [-0.39, 0.29) is 0 Å². The molecule has 86 valence electrons. The Bertz CT molecular complexity index is 207. The third-order valence-corrected chi connectivity index (χ3v) is 3.21. The van der Waals surface area contributed by atoms with Gasteiger partial charge in [-0.3, -0.25) is 4.90 Å². The predicted molar refractivity (Wildman–Crippen MR) is 65.8 cm³/mol. The lowest BCUT2D eigenvalue weighted by Crippen LogP contribution is -2.55. The van der Waals surface area contributed by atoms with Gasteiger partial charge in [-0.2, -0.15) is 0 Å². The molecule has 1 heterocycles. The molecular formula is C13H24N2. The first-order valence-electron chi connectivity index (χ1n) is 6.18. The lowest BCUT2D eigenvalue weighted by atomic mass is 10.1. The Morgan fingerprint density at radius 3 is 2.93 bits per heavy atom. The van der Waals surface area contributed by atoms with Crippen molar-refractivity contribution < 1.29 is 0 Å². The first kappa shape index (κ1) is 12.5. The molecule has 1 N–H and O–H groups in total. The fraction of sp³-hybridized carbons (Fsp3) is 0.846. The third kappa shape index (κ3) is 4.24. The van der Waals surface area contributed by atoms with Crippen LogP contribution >= 0.6 is 0 Å². The van der Waals surface area contributed by atoms with Crippen LogP contribution in [0.5, 0.6) is 0 Å². The highest BCUT2D eigenvalue weighted by Gasteiger charge is 2.23. The molecule has 1 aliphatic rings. The molecule has 0 aromatic carbocycles. The largest absolute Gasteiger partial charge is 0.311 e. The van der Waals surface area contributed by atoms with Crippen LogP contribution in [-0.4, -0.2) is 36.6 Å². The zero-order valence-corrected chi connectivity index (χ0v) is 10.1. The standard InChI is InChI=1S/C13H24N2/c1-4-6-7-8-9-15-11-12(3)14-10-13(15)5-2/h1,12-14H,5-11H2,2-3H3. The average Bonchev–Trinajstić information content (AvgIpc) is 2.25. The van der Waals surface area contributed by atoms with Crippen molar-refractivity contribution in [1.82, 2.24) is 10.2 Å². The second-order valence-corrected chi connectivity index (χ2v) is 4.53. The molecule has 1 aliphatic heterocycles. The molecule has 0 spiro atoms. The molecule has 0 saturated carbocycles. The summed E-state index contributed by atoms with van der Waals surface area (Å²) < 4.78 is 0. The Labute approximate surface area is 94.4 Å². The lowest BCUT2D eigenvalue weighted by Gasteiger charge is -2.39. The summed E-state index contributed by atoms with van der Waals surface area (Å²) in [4.78, 5) is 2.62. The number of unbranched alkanes of at least 4 members (excludes halogenated alkanes) is 2. The highest BCUT2D eigenvalue weighted by Crippen LogP contribution is 2.11. The zero-order valence-electron chi connectivity index (χ0n) is 10.1. The molecule has 2 atom stereocenters. The van der Waals surface area contributed by atoms with Crippen LogP contribution in [-0.2, 0) is 0 Å². The highest BCUT2D eigenvalue weighted by molar-refractivity contribution is 4.85. The van der Waals surface area contributed by atoms with Gasteiger partial charge in [0, 0.05) is 31.6 Å². The molecule has 2 heteroatoms. The number of hydrogen-bond donors (Lipinski definition) is 1. The minimum Gasteiger partial charge on any atom is -0.311 e. The fourth-order valence-electron chi connectivity index (χ4n) is 2.25. The number of terminal acetylenes is 1. The van der Waals surface area contributed by atoms with Gasteiger partial charge in [0.1, 0.15) is 0 Å². The topological polar surface area (TPSA) is 15.3 Å². The van der Waals surface area contributed by atoms with Crippen LogP contribution in [0.1, 0.15) is 39.5 Å². The molecule has 1 fully saturated rings. The van der Waals surface area contributed by atoms with Gasteiger partial charge >= 0.3 is 0 Å². The van der Waals surface area contributed by atoms with Crippen molar-refractivity contribution in [2.75, 3.05) is 19.6 Å². The van der Waals surface area contributed by atoms with E-state index in [1.807, 2.05) is 0 Å². The molecule has 0 aromatic heterocycles. The Hall–Kier alpha value is -0.520. The highest BCUT2D eigenvalue weighted by atomic mass is 15.2. The molecule has 0 bridgehead atoms. The number of hydrogen-bond acceptors (Lipinski definition) is 2. The zero-order chi connectivity index (χ0) is 11.1. The quantitative estimate of drug-likeness (QED) is 0.548. The first-order valence-corrected chi connectivity index (χ1v) is 6.18. The van der Waals surface area contributed by atoms with Gasteiger partial charge in [0.2, 0.25) is 0 Å². The van der Waals surface area contributed by atoms with Gasteiger partial charge in [0.05, 0.1) is 0 Å². The SMILES string of the molecule is C#CCCCCN1CC(C)NCC1CC. The number of nitrogens with one attached hydrogen (secondary N) is 1. The van der Waals surface area contributed by atoms with Crippen LogP contribution in [0.25, 0.3) is 0 Å².